The van der Waals surface area contributed by atoms with Crippen LogP contribution in [-0.4, -0.2) is 22.7 Å². The first-order valence-electron chi connectivity index (χ1n) is 4.83. The molecule has 0 saturated heterocycles. The van der Waals surface area contributed by atoms with Crippen molar-refractivity contribution in [1.82, 2.24) is 17.4 Å². The van der Waals surface area contributed by atoms with Gasteiger partial charge in [0.2, 0.25) is 5.91 Å². The van der Waals surface area contributed by atoms with Gasteiger partial charge < -0.3 is 26.7 Å². The van der Waals surface area contributed by atoms with Gasteiger partial charge in [0.1, 0.15) is 0 Å². The van der Waals surface area contributed by atoms with Gasteiger partial charge in [-0.05, 0) is 28.8 Å². The molecule has 112 valence electrons. The summed E-state index contributed by atoms with van der Waals surface area (Å²) in [6, 6.07) is 1.55. The molecule has 0 bridgehead atoms. The maximum absolute atomic E-state index is 11.1. The van der Waals surface area contributed by atoms with Crippen molar-refractivity contribution in [3.8, 4) is 0 Å². The summed E-state index contributed by atoms with van der Waals surface area (Å²) >= 11 is 1.28. The van der Waals surface area contributed by atoms with Crippen LogP contribution >= 0.6 is 18.9 Å². The van der Waals surface area contributed by atoms with Crippen molar-refractivity contribution in [3.05, 3.63) is 22.4 Å². The van der Waals surface area contributed by atoms with Gasteiger partial charge in [-0.3, -0.25) is 10.0 Å². The van der Waals surface area contributed by atoms with Crippen LogP contribution in [0.4, 0.5) is 0 Å². The Hall–Kier alpha value is -0.800. The third kappa shape index (κ3) is 6.26. The lowest BCUT2D eigenvalue weighted by Gasteiger charge is -2.38. The number of carbonyl (C=O) groups is 1. The van der Waals surface area contributed by atoms with Crippen molar-refractivity contribution in [3.63, 3.8) is 0 Å². The Labute approximate surface area is 115 Å². The van der Waals surface area contributed by atoms with Crippen LogP contribution in [0.3, 0.4) is 0 Å². The van der Waals surface area contributed by atoms with Crippen LogP contribution in [0.2, 0.25) is 0 Å². The van der Waals surface area contributed by atoms with E-state index in [-0.39, 0.29) is 25.3 Å². The highest BCUT2D eigenvalue weighted by Gasteiger charge is 2.18. The molecule has 0 spiro atoms. The summed E-state index contributed by atoms with van der Waals surface area (Å²) in [5.74, 6) is -0.597. The monoisotopic (exact) mass is 313 g/mol. The molecule has 0 radical (unpaired) electrons. The van der Waals surface area contributed by atoms with Crippen LogP contribution in [0, 0.1) is 0 Å². The lowest BCUT2D eigenvalue weighted by Crippen LogP contribution is -2.29. The van der Waals surface area contributed by atoms with Gasteiger partial charge in [-0.2, -0.15) is 11.3 Å². The molecule has 0 aliphatic rings. The third-order valence-electron chi connectivity index (χ3n) is 2.29. The SMILES string of the molecule is CC(=O)N(O)CCC(c1ccsc1)P(=O)([O-])[O-].[NH4+].[NH4+]. The predicted molar refractivity (Wildman–Crippen MR) is 70.4 cm³/mol. The zero-order valence-electron chi connectivity index (χ0n) is 11.1. The molecule has 1 aromatic heterocycles. The van der Waals surface area contributed by atoms with Crippen LogP contribution in [0.1, 0.15) is 24.6 Å². The summed E-state index contributed by atoms with van der Waals surface area (Å²) < 4.78 is 11.1. The minimum atomic E-state index is -4.79. The zero-order valence-corrected chi connectivity index (χ0v) is 12.8. The number of quaternary nitrogens is 2. The third-order valence-corrected chi connectivity index (χ3v) is 4.31. The first kappa shape index (κ1) is 20.5. The summed E-state index contributed by atoms with van der Waals surface area (Å²) in [5.41, 5.74) is -0.803. The Bertz CT molecular complexity index is 421. The Morgan fingerprint density at radius 1 is 1.53 bits per heavy atom. The highest BCUT2D eigenvalue weighted by atomic mass is 32.1. The average molecular weight is 313 g/mol. The van der Waals surface area contributed by atoms with E-state index in [9.17, 15) is 19.1 Å². The molecular formula is C9H20N3O5PS. The van der Waals surface area contributed by atoms with Gasteiger partial charge in [-0.1, -0.05) is 7.60 Å². The number of carbonyl (C=O) groups excluding carboxylic acids is 1. The molecule has 0 aliphatic carbocycles. The number of nitrogens with zero attached hydrogens (tertiary/aromatic N) is 1. The second kappa shape index (κ2) is 8.39. The van der Waals surface area contributed by atoms with Crippen LogP contribution < -0.4 is 22.1 Å². The highest BCUT2D eigenvalue weighted by Crippen LogP contribution is 2.47. The normalized spacial score (nSPS) is 12.0. The van der Waals surface area contributed by atoms with Gasteiger partial charge in [0, 0.05) is 19.1 Å². The van der Waals surface area contributed by atoms with Crippen molar-refractivity contribution in [1.29, 1.82) is 0 Å². The van der Waals surface area contributed by atoms with Gasteiger partial charge in [-0.15, -0.1) is 0 Å². The van der Waals surface area contributed by atoms with Crippen molar-refractivity contribution < 1.29 is 24.4 Å². The van der Waals surface area contributed by atoms with Gasteiger partial charge in [0.05, 0.1) is 0 Å². The van der Waals surface area contributed by atoms with E-state index >= 15 is 0 Å². The van der Waals surface area contributed by atoms with Gasteiger partial charge in [-0.25, -0.2) is 5.06 Å². The van der Waals surface area contributed by atoms with Crippen molar-refractivity contribution >= 4 is 24.8 Å². The maximum Gasteiger partial charge on any atom is 0.242 e. The standard InChI is InChI=1S/C9H14NO5PS.2H3N/c1-7(11)10(12)4-2-9(16(13,14)15)8-3-5-17-6-8;;/h3,5-6,9,12H,2,4H2,1H3,(H2,13,14,15);2*1H3. The van der Waals surface area contributed by atoms with Gasteiger partial charge >= 0.3 is 0 Å². The summed E-state index contributed by atoms with van der Waals surface area (Å²) in [6.45, 7) is 0.956. The lowest BCUT2D eigenvalue weighted by molar-refractivity contribution is -0.317. The van der Waals surface area contributed by atoms with Crippen LogP contribution in [0.5, 0.6) is 0 Å². The van der Waals surface area contributed by atoms with Crippen LogP contribution in [0.25, 0.3) is 0 Å². The van der Waals surface area contributed by atoms with Gasteiger partial charge in [0.25, 0.3) is 0 Å². The Kier molecular flexibility index (Phi) is 9.06. The number of hydrogen-bond acceptors (Lipinski definition) is 6. The molecule has 8 nitrogen and oxygen atoms in total. The second-order valence-corrected chi connectivity index (χ2v) is 6.03. The number of hydroxylamine groups is 2. The van der Waals surface area contributed by atoms with Crippen molar-refractivity contribution in [2.24, 2.45) is 0 Å². The highest BCUT2D eigenvalue weighted by molar-refractivity contribution is 7.49. The number of thiophene rings is 1. The summed E-state index contributed by atoms with van der Waals surface area (Å²) in [4.78, 5) is 33.0. The summed E-state index contributed by atoms with van der Waals surface area (Å²) in [7, 11) is -4.79. The molecule has 0 aliphatic heterocycles. The molecule has 0 fully saturated rings. The first-order chi connectivity index (χ1) is 7.82. The predicted octanol–water partition coefficient (Wildman–Crippen LogP) is 1.08. The molecule has 9 N–H and O–H groups in total. The molecule has 1 unspecified atom stereocenters. The quantitative estimate of drug-likeness (QED) is 0.417. The summed E-state index contributed by atoms with van der Waals surface area (Å²) in [5, 5.41) is 12.8. The summed E-state index contributed by atoms with van der Waals surface area (Å²) in [6.07, 6.45) is -0.114. The van der Waals surface area contributed by atoms with Crippen molar-refractivity contribution in [2.45, 2.75) is 19.0 Å². The van der Waals surface area contributed by atoms with E-state index in [1.165, 1.54) is 11.3 Å². The average Bonchev–Trinajstić information content (AvgIpc) is 2.68. The molecule has 1 aromatic rings. The fourth-order valence-corrected chi connectivity index (χ4v) is 3.15. The Balaban J connectivity index is 0. The minimum Gasteiger partial charge on any atom is -0.810 e. The van der Waals surface area contributed by atoms with Crippen LogP contribution in [-0.2, 0) is 9.36 Å². The second-order valence-electron chi connectivity index (χ2n) is 3.54. The van der Waals surface area contributed by atoms with E-state index in [1.54, 1.807) is 16.8 Å². The molecule has 19 heavy (non-hydrogen) atoms. The van der Waals surface area contributed by atoms with E-state index in [0.29, 0.717) is 10.6 Å². The fraction of sp³-hybridized carbons (Fsp3) is 0.444. The molecule has 1 atom stereocenters. The molecule has 1 rings (SSSR count). The molecule has 1 amide bonds. The molecular weight excluding hydrogens is 293 g/mol. The lowest BCUT2D eigenvalue weighted by atomic mass is 10.2. The van der Waals surface area contributed by atoms with E-state index < -0.39 is 19.2 Å². The fourth-order valence-electron chi connectivity index (χ4n) is 1.37. The number of hydrogen-bond donors (Lipinski definition) is 3. The number of rotatable bonds is 5. The van der Waals surface area contributed by atoms with Gasteiger partial charge in [0.15, 0.2) is 0 Å². The molecule has 0 aromatic carbocycles. The van der Waals surface area contributed by atoms with E-state index in [4.69, 9.17) is 5.21 Å². The van der Waals surface area contributed by atoms with E-state index in [1.807, 2.05) is 0 Å². The van der Waals surface area contributed by atoms with E-state index in [2.05, 4.69) is 0 Å². The maximum atomic E-state index is 11.1. The topological polar surface area (TPSA) is 177 Å². The largest absolute Gasteiger partial charge is 0.810 e. The molecule has 10 heteroatoms. The minimum absolute atomic E-state index is 0. The number of amides is 1. The Morgan fingerprint density at radius 3 is 2.47 bits per heavy atom. The smallest absolute Gasteiger partial charge is 0.242 e. The molecule has 0 saturated carbocycles. The van der Waals surface area contributed by atoms with Crippen molar-refractivity contribution in [2.75, 3.05) is 6.54 Å². The zero-order chi connectivity index (χ0) is 13.1. The van der Waals surface area contributed by atoms with Crippen LogP contribution in [0.15, 0.2) is 16.8 Å². The first-order valence-corrected chi connectivity index (χ1v) is 7.38. The van der Waals surface area contributed by atoms with E-state index in [0.717, 1.165) is 6.92 Å². The molecule has 1 heterocycles. The Morgan fingerprint density at radius 2 is 2.11 bits per heavy atom.